The predicted molar refractivity (Wildman–Crippen MR) is 101 cm³/mol. The lowest BCUT2D eigenvalue weighted by atomic mass is 10.1. The second kappa shape index (κ2) is 6.40. The summed E-state index contributed by atoms with van der Waals surface area (Å²) in [6.07, 6.45) is 2.86. The van der Waals surface area contributed by atoms with Crippen LogP contribution in [-0.2, 0) is 6.42 Å². The van der Waals surface area contributed by atoms with Gasteiger partial charge in [0.05, 0.1) is 11.9 Å². The van der Waals surface area contributed by atoms with Crippen molar-refractivity contribution in [1.82, 2.24) is 4.98 Å². The average molecular weight is 329 g/mol. The van der Waals surface area contributed by atoms with Crippen LogP contribution in [0.2, 0.25) is 0 Å². The second-order valence-electron chi connectivity index (χ2n) is 6.26. The minimum Gasteiger partial charge on any atom is -0.340 e. The summed E-state index contributed by atoms with van der Waals surface area (Å²) in [7, 11) is 0. The van der Waals surface area contributed by atoms with Gasteiger partial charge in [0.1, 0.15) is 5.82 Å². The van der Waals surface area contributed by atoms with Crippen molar-refractivity contribution in [2.45, 2.75) is 13.3 Å². The van der Waals surface area contributed by atoms with Crippen LogP contribution in [0.1, 0.15) is 21.5 Å². The van der Waals surface area contributed by atoms with Crippen molar-refractivity contribution < 1.29 is 4.79 Å². The van der Waals surface area contributed by atoms with Crippen LogP contribution >= 0.6 is 0 Å². The maximum Gasteiger partial charge on any atom is 0.256 e. The third-order valence-electron chi connectivity index (χ3n) is 4.47. The summed E-state index contributed by atoms with van der Waals surface area (Å²) in [5, 5.41) is 2.85. The summed E-state index contributed by atoms with van der Waals surface area (Å²) in [5.41, 5.74) is 5.33. The highest BCUT2D eigenvalue weighted by atomic mass is 16.1. The van der Waals surface area contributed by atoms with Crippen molar-refractivity contribution in [3.63, 3.8) is 0 Å². The van der Waals surface area contributed by atoms with Crippen LogP contribution in [0.25, 0.3) is 0 Å². The summed E-state index contributed by atoms with van der Waals surface area (Å²) < 4.78 is 0. The highest BCUT2D eigenvalue weighted by Gasteiger charge is 2.19. The number of carbonyl (C=O) groups excluding carboxylic acids is 1. The maximum atomic E-state index is 12.3. The molecule has 1 aliphatic heterocycles. The Kier molecular flexibility index (Phi) is 3.94. The van der Waals surface area contributed by atoms with Gasteiger partial charge in [-0.2, -0.15) is 0 Å². The molecular formula is C21H19N3O. The standard InChI is InChI=1S/C21H19N3O/c1-15-5-4-7-17(13-15)21(25)23-20-10-9-18(14-22-20)24-12-11-16-6-2-3-8-19(16)24/h2-10,13-14H,11-12H2,1H3,(H,22,23,25). The number of carbonyl (C=O) groups is 1. The maximum absolute atomic E-state index is 12.3. The zero-order valence-corrected chi connectivity index (χ0v) is 14.1. The fourth-order valence-electron chi connectivity index (χ4n) is 3.20. The van der Waals surface area contributed by atoms with E-state index in [1.165, 1.54) is 11.3 Å². The molecule has 1 aliphatic rings. The van der Waals surface area contributed by atoms with Crippen LogP contribution in [0.5, 0.6) is 0 Å². The molecule has 3 aromatic rings. The first kappa shape index (κ1) is 15.4. The molecule has 0 saturated heterocycles. The number of nitrogens with zero attached hydrogens (tertiary/aromatic N) is 2. The van der Waals surface area contributed by atoms with E-state index < -0.39 is 0 Å². The Morgan fingerprint density at radius 3 is 2.76 bits per heavy atom. The van der Waals surface area contributed by atoms with E-state index in [1.807, 2.05) is 43.5 Å². The predicted octanol–water partition coefficient (Wildman–Crippen LogP) is 4.34. The number of anilines is 3. The topological polar surface area (TPSA) is 45.2 Å². The van der Waals surface area contributed by atoms with Crippen molar-refractivity contribution >= 4 is 23.1 Å². The molecular weight excluding hydrogens is 310 g/mol. The van der Waals surface area contributed by atoms with Gasteiger partial charge in [-0.25, -0.2) is 4.98 Å². The zero-order chi connectivity index (χ0) is 17.2. The van der Waals surface area contributed by atoms with E-state index in [9.17, 15) is 4.79 Å². The summed E-state index contributed by atoms with van der Waals surface area (Å²) >= 11 is 0. The van der Waals surface area contributed by atoms with Crippen LogP contribution in [0.3, 0.4) is 0 Å². The molecule has 0 radical (unpaired) electrons. The van der Waals surface area contributed by atoms with Crippen molar-refractivity contribution in [1.29, 1.82) is 0 Å². The highest BCUT2D eigenvalue weighted by molar-refractivity contribution is 6.03. The number of rotatable bonds is 3. The third-order valence-corrected chi connectivity index (χ3v) is 4.47. The first-order chi connectivity index (χ1) is 12.2. The largest absolute Gasteiger partial charge is 0.340 e. The molecule has 4 nitrogen and oxygen atoms in total. The van der Waals surface area contributed by atoms with E-state index in [1.54, 1.807) is 6.07 Å². The van der Waals surface area contributed by atoms with Gasteiger partial charge in [0.25, 0.3) is 5.91 Å². The van der Waals surface area contributed by atoms with E-state index in [2.05, 4.69) is 39.5 Å². The number of hydrogen-bond acceptors (Lipinski definition) is 3. The number of para-hydroxylation sites is 1. The van der Waals surface area contributed by atoms with E-state index in [4.69, 9.17) is 0 Å². The minimum absolute atomic E-state index is 0.143. The number of aromatic nitrogens is 1. The zero-order valence-electron chi connectivity index (χ0n) is 14.1. The molecule has 124 valence electrons. The second-order valence-corrected chi connectivity index (χ2v) is 6.26. The van der Waals surface area contributed by atoms with Gasteiger partial charge in [0.15, 0.2) is 0 Å². The van der Waals surface area contributed by atoms with Crippen molar-refractivity contribution in [3.05, 3.63) is 83.6 Å². The van der Waals surface area contributed by atoms with Gasteiger partial charge in [0, 0.05) is 17.8 Å². The Morgan fingerprint density at radius 1 is 1.08 bits per heavy atom. The number of hydrogen-bond donors (Lipinski definition) is 1. The third kappa shape index (κ3) is 3.11. The fourth-order valence-corrected chi connectivity index (χ4v) is 3.20. The summed E-state index contributed by atoms with van der Waals surface area (Å²) in [6.45, 7) is 2.92. The van der Waals surface area contributed by atoms with E-state index >= 15 is 0 Å². The van der Waals surface area contributed by atoms with Crippen molar-refractivity contribution in [2.75, 3.05) is 16.8 Å². The number of nitrogens with one attached hydrogen (secondary N) is 1. The molecule has 1 amide bonds. The molecule has 0 bridgehead atoms. The number of amides is 1. The molecule has 0 spiro atoms. The van der Waals surface area contributed by atoms with Gasteiger partial charge >= 0.3 is 0 Å². The summed E-state index contributed by atoms with van der Waals surface area (Å²) in [4.78, 5) is 19.0. The molecule has 0 unspecified atom stereocenters. The lowest BCUT2D eigenvalue weighted by Gasteiger charge is -2.19. The molecule has 2 heterocycles. The highest BCUT2D eigenvalue weighted by Crippen LogP contribution is 2.34. The molecule has 0 fully saturated rings. The molecule has 25 heavy (non-hydrogen) atoms. The monoisotopic (exact) mass is 329 g/mol. The Labute approximate surface area is 147 Å². The van der Waals surface area contributed by atoms with Crippen LogP contribution < -0.4 is 10.2 Å². The van der Waals surface area contributed by atoms with Gasteiger partial charge in [-0.05, 0) is 49.2 Å². The number of fused-ring (bicyclic) bond motifs is 1. The molecule has 0 aliphatic carbocycles. The molecule has 0 saturated carbocycles. The van der Waals surface area contributed by atoms with E-state index in [-0.39, 0.29) is 5.91 Å². The summed E-state index contributed by atoms with van der Waals surface area (Å²) in [6, 6.07) is 19.8. The summed E-state index contributed by atoms with van der Waals surface area (Å²) in [5.74, 6) is 0.415. The Bertz CT molecular complexity index is 918. The molecule has 1 aromatic heterocycles. The Hall–Kier alpha value is -3.14. The van der Waals surface area contributed by atoms with Crippen molar-refractivity contribution in [3.8, 4) is 0 Å². The van der Waals surface area contributed by atoms with Crippen LogP contribution in [0.4, 0.5) is 17.2 Å². The number of aryl methyl sites for hydroxylation is 1. The van der Waals surface area contributed by atoms with Gasteiger partial charge in [-0.1, -0.05) is 35.9 Å². The van der Waals surface area contributed by atoms with E-state index in [0.29, 0.717) is 11.4 Å². The van der Waals surface area contributed by atoms with Gasteiger partial charge in [-0.3, -0.25) is 4.79 Å². The molecule has 2 aromatic carbocycles. The van der Waals surface area contributed by atoms with Gasteiger partial charge in [-0.15, -0.1) is 0 Å². The van der Waals surface area contributed by atoms with Crippen molar-refractivity contribution in [2.24, 2.45) is 0 Å². The average Bonchev–Trinajstić information content (AvgIpc) is 3.06. The van der Waals surface area contributed by atoms with E-state index in [0.717, 1.165) is 24.2 Å². The number of pyridine rings is 1. The smallest absolute Gasteiger partial charge is 0.256 e. The van der Waals surface area contributed by atoms with Gasteiger partial charge < -0.3 is 10.2 Å². The lowest BCUT2D eigenvalue weighted by molar-refractivity contribution is 0.102. The molecule has 4 rings (SSSR count). The molecule has 4 heteroatoms. The fraction of sp³-hybridized carbons (Fsp3) is 0.143. The Morgan fingerprint density at radius 2 is 1.96 bits per heavy atom. The van der Waals surface area contributed by atoms with Crippen LogP contribution in [-0.4, -0.2) is 17.4 Å². The minimum atomic E-state index is -0.143. The molecule has 0 atom stereocenters. The SMILES string of the molecule is Cc1cccc(C(=O)Nc2ccc(N3CCc4ccccc43)cn2)c1. The lowest BCUT2D eigenvalue weighted by Crippen LogP contribution is -2.15. The van der Waals surface area contributed by atoms with Crippen LogP contribution in [0.15, 0.2) is 66.9 Å². The molecule has 1 N–H and O–H groups in total. The number of benzene rings is 2. The van der Waals surface area contributed by atoms with Crippen LogP contribution in [0, 0.1) is 6.92 Å². The Balaban J connectivity index is 1.50. The normalized spacial score (nSPS) is 12.8. The first-order valence-corrected chi connectivity index (χ1v) is 8.40. The van der Waals surface area contributed by atoms with Gasteiger partial charge in [0.2, 0.25) is 0 Å². The first-order valence-electron chi connectivity index (χ1n) is 8.40. The quantitative estimate of drug-likeness (QED) is 0.777.